The quantitative estimate of drug-likeness (QED) is 0.391. The van der Waals surface area contributed by atoms with Crippen LogP contribution in [-0.4, -0.2) is 81.2 Å². The van der Waals surface area contributed by atoms with Crippen LogP contribution in [0.2, 0.25) is 0 Å². The van der Waals surface area contributed by atoms with Gasteiger partial charge in [-0.2, -0.15) is 16.9 Å². The van der Waals surface area contributed by atoms with Gasteiger partial charge >= 0.3 is 0 Å². The van der Waals surface area contributed by atoms with Crippen molar-refractivity contribution < 1.29 is 27.1 Å². The maximum Gasteiger partial charge on any atom is 0.214 e. The van der Waals surface area contributed by atoms with Crippen molar-refractivity contribution in [2.24, 2.45) is 0 Å². The van der Waals surface area contributed by atoms with Gasteiger partial charge in [-0.3, -0.25) is 9.69 Å². The van der Waals surface area contributed by atoms with E-state index in [0.29, 0.717) is 63.4 Å². The monoisotopic (exact) mass is 502 g/mol. The number of ketones is 1. The molecule has 0 aliphatic carbocycles. The van der Waals surface area contributed by atoms with E-state index >= 15 is 0 Å². The fourth-order valence-corrected chi connectivity index (χ4v) is 6.76. The molecule has 0 radical (unpaired) electrons. The van der Waals surface area contributed by atoms with Gasteiger partial charge in [0, 0.05) is 63.2 Å². The van der Waals surface area contributed by atoms with Crippen molar-refractivity contribution in [2.75, 3.05) is 52.3 Å². The molecule has 0 amide bonds. The largest absolute Gasteiger partial charge is 0.496 e. The van der Waals surface area contributed by atoms with Gasteiger partial charge in [0.1, 0.15) is 11.6 Å². The number of hydrogen-bond donors (Lipinski definition) is 1. The van der Waals surface area contributed by atoms with Crippen LogP contribution in [0.5, 0.6) is 5.75 Å². The summed E-state index contributed by atoms with van der Waals surface area (Å²) in [6, 6.07) is 2.57. The summed E-state index contributed by atoms with van der Waals surface area (Å²) < 4.78 is 51.3. The molecule has 2 aliphatic rings. The average Bonchev–Trinajstić information content (AvgIpc) is 2.82. The molecule has 2 heterocycles. The van der Waals surface area contributed by atoms with Crippen molar-refractivity contribution in [3.63, 3.8) is 0 Å². The van der Waals surface area contributed by atoms with Crippen LogP contribution in [0.4, 0.5) is 4.39 Å². The first-order chi connectivity index (χ1) is 15.8. The molecule has 1 aromatic rings. The Morgan fingerprint density at radius 3 is 2.45 bits per heavy atom. The Balaban J connectivity index is 1.74. The second-order valence-corrected chi connectivity index (χ2v) is 11.2. The number of piperazine rings is 1. The third-order valence-corrected chi connectivity index (χ3v) is 9.24. The number of benzene rings is 1. The molecule has 33 heavy (non-hydrogen) atoms. The van der Waals surface area contributed by atoms with Gasteiger partial charge in [0.05, 0.1) is 18.4 Å². The molecule has 0 atom stereocenters. The van der Waals surface area contributed by atoms with E-state index in [1.807, 2.05) is 6.92 Å². The summed E-state index contributed by atoms with van der Waals surface area (Å²) in [6.45, 7) is 5.31. The van der Waals surface area contributed by atoms with E-state index in [4.69, 9.17) is 9.47 Å². The van der Waals surface area contributed by atoms with Crippen LogP contribution in [0.1, 0.15) is 54.9 Å². The molecule has 186 valence electrons. The lowest BCUT2D eigenvalue weighted by molar-refractivity contribution is -0.0445. The Kier molecular flexibility index (Phi) is 9.19. The van der Waals surface area contributed by atoms with Gasteiger partial charge in [-0.1, -0.05) is 6.92 Å². The number of carbonyl (C=O) groups is 1. The molecular weight excluding hydrogens is 467 g/mol. The Morgan fingerprint density at radius 2 is 1.88 bits per heavy atom. The number of sulfonamides is 1. The SMILES string of the molecule is CCCS(=O)(=O)N1CCN(C2(CCC(=O)c3c(CS)cc(F)cc3OC)CCOCC2)CC1. The maximum absolute atomic E-state index is 13.9. The van der Waals surface area contributed by atoms with Crippen LogP contribution in [0.25, 0.3) is 0 Å². The van der Waals surface area contributed by atoms with E-state index in [1.165, 1.54) is 19.2 Å². The molecule has 0 N–H and O–H groups in total. The first-order valence-corrected chi connectivity index (χ1v) is 13.8. The lowest BCUT2D eigenvalue weighted by atomic mass is 9.81. The van der Waals surface area contributed by atoms with Crippen molar-refractivity contribution in [3.05, 3.63) is 29.1 Å². The Morgan fingerprint density at radius 1 is 1.21 bits per heavy atom. The number of Topliss-reactive ketones (excluding diaryl/α,β-unsaturated/α-hetero) is 1. The third-order valence-electron chi connectivity index (χ3n) is 6.82. The number of methoxy groups -OCH3 is 1. The highest BCUT2D eigenvalue weighted by Crippen LogP contribution is 2.36. The summed E-state index contributed by atoms with van der Waals surface area (Å²) in [5.74, 6) is 0.102. The van der Waals surface area contributed by atoms with Crippen molar-refractivity contribution in [1.29, 1.82) is 0 Å². The summed E-state index contributed by atoms with van der Waals surface area (Å²) >= 11 is 4.27. The highest BCUT2D eigenvalue weighted by atomic mass is 32.2. The van der Waals surface area contributed by atoms with E-state index in [1.54, 1.807) is 4.31 Å². The van der Waals surface area contributed by atoms with Gasteiger partial charge in [-0.05, 0) is 37.3 Å². The van der Waals surface area contributed by atoms with Crippen molar-refractivity contribution in [3.8, 4) is 5.75 Å². The molecule has 0 unspecified atom stereocenters. The number of thiol groups is 1. The van der Waals surface area contributed by atoms with Gasteiger partial charge in [0.2, 0.25) is 10.0 Å². The maximum atomic E-state index is 13.9. The molecule has 2 aliphatic heterocycles. The van der Waals surface area contributed by atoms with Gasteiger partial charge < -0.3 is 9.47 Å². The van der Waals surface area contributed by atoms with E-state index < -0.39 is 15.8 Å². The minimum atomic E-state index is -3.21. The zero-order valence-electron chi connectivity index (χ0n) is 19.5. The number of rotatable bonds is 10. The fraction of sp³-hybridized carbons (Fsp3) is 0.696. The van der Waals surface area contributed by atoms with E-state index in [-0.39, 0.29) is 35.0 Å². The number of nitrogens with zero attached hydrogens (tertiary/aromatic N) is 2. The molecular formula is C23H35FN2O5S2. The molecule has 7 nitrogen and oxygen atoms in total. The zero-order chi connectivity index (χ0) is 24.1. The lowest BCUT2D eigenvalue weighted by Gasteiger charge is -2.49. The number of hydrogen-bond acceptors (Lipinski definition) is 7. The van der Waals surface area contributed by atoms with Crippen molar-refractivity contribution in [2.45, 2.75) is 50.3 Å². The van der Waals surface area contributed by atoms with Crippen molar-refractivity contribution in [1.82, 2.24) is 9.21 Å². The smallest absolute Gasteiger partial charge is 0.214 e. The molecule has 2 fully saturated rings. The summed E-state index contributed by atoms with van der Waals surface area (Å²) in [4.78, 5) is 15.6. The summed E-state index contributed by atoms with van der Waals surface area (Å²) in [7, 11) is -1.78. The first-order valence-electron chi connectivity index (χ1n) is 11.6. The van der Waals surface area contributed by atoms with Gasteiger partial charge in [-0.25, -0.2) is 12.8 Å². The van der Waals surface area contributed by atoms with Gasteiger partial charge in [0.15, 0.2) is 5.78 Å². The fourth-order valence-electron chi connectivity index (χ4n) is 5.01. The third kappa shape index (κ3) is 6.08. The van der Waals surface area contributed by atoms with Crippen LogP contribution in [-0.2, 0) is 20.5 Å². The summed E-state index contributed by atoms with van der Waals surface area (Å²) in [6.07, 6.45) is 3.11. The molecule has 0 aromatic heterocycles. The molecule has 10 heteroatoms. The van der Waals surface area contributed by atoms with Crippen molar-refractivity contribution >= 4 is 28.4 Å². The zero-order valence-corrected chi connectivity index (χ0v) is 21.2. The van der Waals surface area contributed by atoms with E-state index in [0.717, 1.165) is 12.8 Å². The standard InChI is InChI=1S/C23H35FN2O5S2/c1-3-14-33(28,29)26-10-8-25(9-11-26)23(6-12-31-13-7-23)5-4-20(27)22-18(17-32)15-19(24)16-21(22)30-2/h15-16,32H,3-14,17H2,1-2H3. The number of ether oxygens (including phenoxy) is 2. The second kappa shape index (κ2) is 11.5. The molecule has 0 spiro atoms. The normalized spacial score (nSPS) is 20.0. The topological polar surface area (TPSA) is 76.2 Å². The van der Waals surface area contributed by atoms with E-state index in [9.17, 15) is 17.6 Å². The molecule has 3 rings (SSSR count). The van der Waals surface area contributed by atoms with E-state index in [2.05, 4.69) is 17.5 Å². The Hall–Kier alpha value is -1.20. The highest BCUT2D eigenvalue weighted by Gasteiger charge is 2.41. The van der Waals surface area contributed by atoms with Crippen LogP contribution in [0.15, 0.2) is 12.1 Å². The predicted molar refractivity (Wildman–Crippen MR) is 129 cm³/mol. The lowest BCUT2D eigenvalue weighted by Crippen LogP contribution is -2.60. The summed E-state index contributed by atoms with van der Waals surface area (Å²) in [5, 5.41) is 0. The van der Waals surface area contributed by atoms with Gasteiger partial charge in [-0.15, -0.1) is 0 Å². The molecule has 0 saturated carbocycles. The highest BCUT2D eigenvalue weighted by molar-refractivity contribution is 7.89. The average molecular weight is 503 g/mol. The van der Waals surface area contributed by atoms with Gasteiger partial charge in [0.25, 0.3) is 0 Å². The number of carbonyl (C=O) groups excluding carboxylic acids is 1. The minimum absolute atomic E-state index is 0.0917. The molecule has 1 aromatic carbocycles. The Labute approximate surface area is 202 Å². The minimum Gasteiger partial charge on any atom is -0.496 e. The van der Waals surface area contributed by atoms with Crippen LogP contribution in [0.3, 0.4) is 0 Å². The number of halogens is 1. The second-order valence-electron chi connectivity index (χ2n) is 8.76. The van der Waals surface area contributed by atoms with Crippen LogP contribution >= 0.6 is 12.6 Å². The van der Waals surface area contributed by atoms with Crippen LogP contribution < -0.4 is 4.74 Å². The molecule has 2 saturated heterocycles. The first kappa shape index (κ1) is 26.4. The van der Waals surface area contributed by atoms with Crippen LogP contribution in [0, 0.1) is 5.82 Å². The predicted octanol–water partition coefficient (Wildman–Crippen LogP) is 3.13. The Bertz CT molecular complexity index is 902. The molecule has 0 bridgehead atoms. The summed E-state index contributed by atoms with van der Waals surface area (Å²) in [5.41, 5.74) is 0.700.